The lowest BCUT2D eigenvalue weighted by molar-refractivity contribution is 0.102. The van der Waals surface area contributed by atoms with Gasteiger partial charge in [0.2, 0.25) is 5.78 Å². The fourth-order valence-electron chi connectivity index (χ4n) is 2.46. The van der Waals surface area contributed by atoms with Crippen molar-refractivity contribution in [1.29, 1.82) is 0 Å². The molecular weight excluding hydrogens is 241 g/mol. The quantitative estimate of drug-likeness (QED) is 0.782. The van der Waals surface area contributed by atoms with Crippen LogP contribution in [0.4, 0.5) is 4.39 Å². The molecule has 1 aliphatic carbocycles. The summed E-state index contributed by atoms with van der Waals surface area (Å²) in [7, 11) is 0. The Hall–Kier alpha value is -2.03. The SMILES string of the molecule is O=C(c1ccccc1C1CCC1)c1ncccc1F. The van der Waals surface area contributed by atoms with E-state index in [1.54, 1.807) is 6.07 Å². The average molecular weight is 255 g/mol. The van der Waals surface area contributed by atoms with Gasteiger partial charge in [-0.2, -0.15) is 0 Å². The first-order chi connectivity index (χ1) is 9.27. The number of aromatic nitrogens is 1. The molecule has 1 saturated carbocycles. The Morgan fingerprint density at radius 3 is 2.63 bits per heavy atom. The number of carbonyl (C=O) groups excluding carboxylic acids is 1. The number of ketones is 1. The summed E-state index contributed by atoms with van der Waals surface area (Å²) in [4.78, 5) is 16.3. The Kier molecular flexibility index (Phi) is 3.11. The lowest BCUT2D eigenvalue weighted by Gasteiger charge is -2.27. The maximum Gasteiger partial charge on any atom is 0.214 e. The van der Waals surface area contributed by atoms with E-state index in [-0.39, 0.29) is 11.5 Å². The summed E-state index contributed by atoms with van der Waals surface area (Å²) < 4.78 is 13.7. The van der Waals surface area contributed by atoms with Crippen LogP contribution in [-0.4, -0.2) is 10.8 Å². The molecule has 0 aliphatic heterocycles. The standard InChI is InChI=1S/C16H14FNO/c17-14-9-4-10-18-15(14)16(19)13-8-2-1-7-12(13)11-5-3-6-11/h1-2,4,7-11H,3,5-6H2. The molecule has 0 unspecified atom stereocenters. The Bertz CT molecular complexity index is 620. The van der Waals surface area contributed by atoms with Crippen LogP contribution >= 0.6 is 0 Å². The zero-order valence-electron chi connectivity index (χ0n) is 10.5. The van der Waals surface area contributed by atoms with Gasteiger partial charge in [-0.25, -0.2) is 9.37 Å². The fraction of sp³-hybridized carbons (Fsp3) is 0.250. The summed E-state index contributed by atoms with van der Waals surface area (Å²) in [6.45, 7) is 0. The van der Waals surface area contributed by atoms with Crippen molar-refractivity contribution in [3.63, 3.8) is 0 Å². The summed E-state index contributed by atoms with van der Waals surface area (Å²) in [6, 6.07) is 10.2. The summed E-state index contributed by atoms with van der Waals surface area (Å²) in [5.74, 6) is -0.441. The predicted molar refractivity (Wildman–Crippen MR) is 70.7 cm³/mol. The van der Waals surface area contributed by atoms with E-state index in [1.165, 1.54) is 24.8 Å². The summed E-state index contributed by atoms with van der Waals surface area (Å²) in [5.41, 5.74) is 1.53. The number of rotatable bonds is 3. The van der Waals surface area contributed by atoms with Gasteiger partial charge in [-0.3, -0.25) is 4.79 Å². The molecule has 1 aromatic heterocycles. The van der Waals surface area contributed by atoms with E-state index in [4.69, 9.17) is 0 Å². The molecule has 3 rings (SSSR count). The molecule has 1 aliphatic rings. The maximum absolute atomic E-state index is 13.7. The molecule has 0 spiro atoms. The van der Waals surface area contributed by atoms with Crippen molar-refractivity contribution in [3.8, 4) is 0 Å². The van der Waals surface area contributed by atoms with E-state index in [0.29, 0.717) is 11.5 Å². The van der Waals surface area contributed by atoms with E-state index < -0.39 is 5.82 Å². The molecule has 0 radical (unpaired) electrons. The highest BCUT2D eigenvalue weighted by atomic mass is 19.1. The average Bonchev–Trinajstić information content (AvgIpc) is 2.37. The van der Waals surface area contributed by atoms with Gasteiger partial charge in [-0.05, 0) is 36.5 Å². The Labute approximate surface area is 111 Å². The first-order valence-corrected chi connectivity index (χ1v) is 6.51. The zero-order chi connectivity index (χ0) is 13.2. The number of nitrogens with zero attached hydrogens (tertiary/aromatic N) is 1. The predicted octanol–water partition coefficient (Wildman–Crippen LogP) is 3.72. The van der Waals surface area contributed by atoms with E-state index in [1.807, 2.05) is 18.2 Å². The number of pyridine rings is 1. The molecule has 2 aromatic rings. The summed E-state index contributed by atoms with van der Waals surface area (Å²) >= 11 is 0. The molecule has 0 amide bonds. The number of hydrogen-bond donors (Lipinski definition) is 0. The number of hydrogen-bond acceptors (Lipinski definition) is 2. The van der Waals surface area contributed by atoms with Crippen LogP contribution < -0.4 is 0 Å². The number of halogens is 1. The van der Waals surface area contributed by atoms with Gasteiger partial charge in [0.25, 0.3) is 0 Å². The first kappa shape index (κ1) is 12.0. The monoisotopic (exact) mass is 255 g/mol. The third kappa shape index (κ3) is 2.16. The van der Waals surface area contributed by atoms with Crippen molar-refractivity contribution in [1.82, 2.24) is 4.98 Å². The fourth-order valence-corrected chi connectivity index (χ4v) is 2.46. The van der Waals surface area contributed by atoms with Gasteiger partial charge < -0.3 is 0 Å². The van der Waals surface area contributed by atoms with Gasteiger partial charge in [-0.15, -0.1) is 0 Å². The lowest BCUT2D eigenvalue weighted by Crippen LogP contribution is -2.15. The van der Waals surface area contributed by atoms with Crippen LogP contribution in [0.1, 0.15) is 46.8 Å². The van der Waals surface area contributed by atoms with Gasteiger partial charge >= 0.3 is 0 Å². The van der Waals surface area contributed by atoms with Gasteiger partial charge in [0.05, 0.1) is 0 Å². The normalized spacial score (nSPS) is 15.0. The molecule has 0 atom stereocenters. The summed E-state index contributed by atoms with van der Waals surface area (Å²) in [6.07, 6.45) is 4.86. The van der Waals surface area contributed by atoms with Crippen molar-refractivity contribution in [3.05, 3.63) is 65.2 Å². The molecule has 2 nitrogen and oxygen atoms in total. The highest BCUT2D eigenvalue weighted by Crippen LogP contribution is 2.38. The van der Waals surface area contributed by atoms with Gasteiger partial charge in [0.15, 0.2) is 5.82 Å². The number of benzene rings is 1. The Balaban J connectivity index is 2.02. The van der Waals surface area contributed by atoms with Crippen LogP contribution in [0.25, 0.3) is 0 Å². The summed E-state index contributed by atoms with van der Waals surface area (Å²) in [5, 5.41) is 0. The van der Waals surface area contributed by atoms with Crippen molar-refractivity contribution < 1.29 is 9.18 Å². The largest absolute Gasteiger partial charge is 0.287 e. The Morgan fingerprint density at radius 1 is 1.16 bits per heavy atom. The molecule has 0 N–H and O–H groups in total. The molecule has 0 saturated heterocycles. The third-order valence-electron chi connectivity index (χ3n) is 3.72. The second kappa shape index (κ2) is 4.92. The second-order valence-corrected chi connectivity index (χ2v) is 4.88. The van der Waals surface area contributed by atoms with Crippen molar-refractivity contribution in [2.45, 2.75) is 25.2 Å². The molecule has 3 heteroatoms. The molecule has 1 aromatic carbocycles. The van der Waals surface area contributed by atoms with Gasteiger partial charge in [0, 0.05) is 11.8 Å². The highest BCUT2D eigenvalue weighted by Gasteiger charge is 2.25. The van der Waals surface area contributed by atoms with Gasteiger partial charge in [-0.1, -0.05) is 30.7 Å². The Morgan fingerprint density at radius 2 is 1.95 bits per heavy atom. The smallest absolute Gasteiger partial charge is 0.214 e. The minimum absolute atomic E-state index is 0.0886. The van der Waals surface area contributed by atoms with E-state index in [9.17, 15) is 9.18 Å². The van der Waals surface area contributed by atoms with Crippen molar-refractivity contribution >= 4 is 5.78 Å². The highest BCUT2D eigenvalue weighted by molar-refractivity contribution is 6.08. The van der Waals surface area contributed by atoms with Crippen molar-refractivity contribution in [2.24, 2.45) is 0 Å². The molecule has 1 fully saturated rings. The van der Waals surface area contributed by atoms with Crippen LogP contribution in [0.5, 0.6) is 0 Å². The minimum Gasteiger partial charge on any atom is -0.287 e. The second-order valence-electron chi connectivity index (χ2n) is 4.88. The molecule has 19 heavy (non-hydrogen) atoms. The van der Waals surface area contributed by atoms with E-state index in [0.717, 1.165) is 18.4 Å². The van der Waals surface area contributed by atoms with Crippen LogP contribution in [0.3, 0.4) is 0 Å². The van der Waals surface area contributed by atoms with Crippen LogP contribution in [0, 0.1) is 5.82 Å². The molecule has 0 bridgehead atoms. The van der Waals surface area contributed by atoms with E-state index >= 15 is 0 Å². The van der Waals surface area contributed by atoms with Crippen LogP contribution in [-0.2, 0) is 0 Å². The molecule has 1 heterocycles. The topological polar surface area (TPSA) is 30.0 Å². The number of carbonyl (C=O) groups is 1. The minimum atomic E-state index is -0.559. The van der Waals surface area contributed by atoms with Crippen LogP contribution in [0.15, 0.2) is 42.6 Å². The maximum atomic E-state index is 13.7. The molecule has 96 valence electrons. The first-order valence-electron chi connectivity index (χ1n) is 6.51. The third-order valence-corrected chi connectivity index (χ3v) is 3.72. The van der Waals surface area contributed by atoms with Crippen molar-refractivity contribution in [2.75, 3.05) is 0 Å². The zero-order valence-corrected chi connectivity index (χ0v) is 10.5. The van der Waals surface area contributed by atoms with Gasteiger partial charge in [0.1, 0.15) is 5.69 Å². The van der Waals surface area contributed by atoms with Crippen LogP contribution in [0.2, 0.25) is 0 Å². The van der Waals surface area contributed by atoms with E-state index in [2.05, 4.69) is 4.98 Å². The molecular formula is C16H14FNO. The lowest BCUT2D eigenvalue weighted by atomic mass is 9.77.